The number of hydrogen-bond acceptors (Lipinski definition) is 4. The second-order valence-electron chi connectivity index (χ2n) is 6.56. The Morgan fingerprint density at radius 2 is 2.00 bits per heavy atom. The standard InChI is InChI=1S/C20H23Cl2NO4/c1-12(2)15-10-16(21)13(3)9-18(15)26-11-14-6-7-17(27-14)20(25)23-8-4-5-19(22)24/h6-7,9-10,12H,4-5,8,11H2,1-3H3,(H,23,25). The maximum absolute atomic E-state index is 12.0. The van der Waals surface area contributed by atoms with Crippen molar-refractivity contribution >= 4 is 34.4 Å². The fourth-order valence-electron chi connectivity index (χ4n) is 2.49. The molecule has 0 fully saturated rings. The molecule has 0 saturated carbocycles. The van der Waals surface area contributed by atoms with Crippen LogP contribution in [0.2, 0.25) is 5.02 Å². The summed E-state index contributed by atoms with van der Waals surface area (Å²) in [5.74, 6) is 1.41. The van der Waals surface area contributed by atoms with Crippen LogP contribution in [0.1, 0.15) is 60.0 Å². The first-order valence-electron chi connectivity index (χ1n) is 8.76. The quantitative estimate of drug-likeness (QED) is 0.453. The van der Waals surface area contributed by atoms with Crippen LogP contribution < -0.4 is 10.1 Å². The first-order valence-corrected chi connectivity index (χ1v) is 9.51. The van der Waals surface area contributed by atoms with E-state index in [4.69, 9.17) is 32.4 Å². The molecule has 0 saturated heterocycles. The van der Waals surface area contributed by atoms with Gasteiger partial charge >= 0.3 is 0 Å². The minimum absolute atomic E-state index is 0.196. The number of aryl methyl sites for hydroxylation is 1. The molecular weight excluding hydrogens is 389 g/mol. The number of carbonyl (C=O) groups is 2. The molecule has 1 aromatic heterocycles. The van der Waals surface area contributed by atoms with Gasteiger partial charge in [0.1, 0.15) is 18.1 Å². The maximum atomic E-state index is 12.0. The second kappa shape index (κ2) is 9.81. The summed E-state index contributed by atoms with van der Waals surface area (Å²) in [5, 5.41) is 2.97. The first-order chi connectivity index (χ1) is 12.8. The predicted octanol–water partition coefficient (Wildman–Crippen LogP) is 5.22. The Labute approximate surface area is 169 Å². The smallest absolute Gasteiger partial charge is 0.286 e. The van der Waals surface area contributed by atoms with Crippen molar-refractivity contribution in [3.05, 3.63) is 51.9 Å². The molecule has 2 rings (SSSR count). The van der Waals surface area contributed by atoms with E-state index in [1.54, 1.807) is 12.1 Å². The molecule has 1 heterocycles. The molecule has 0 bridgehead atoms. The van der Waals surface area contributed by atoms with Gasteiger partial charge in [0.15, 0.2) is 5.76 Å². The van der Waals surface area contributed by atoms with E-state index in [1.165, 1.54) is 0 Å². The monoisotopic (exact) mass is 411 g/mol. The van der Waals surface area contributed by atoms with Gasteiger partial charge in [0, 0.05) is 18.0 Å². The van der Waals surface area contributed by atoms with Crippen LogP contribution in [0.3, 0.4) is 0 Å². The molecule has 0 radical (unpaired) electrons. The summed E-state index contributed by atoms with van der Waals surface area (Å²) in [4.78, 5) is 22.7. The van der Waals surface area contributed by atoms with Crippen molar-refractivity contribution in [2.75, 3.05) is 6.54 Å². The van der Waals surface area contributed by atoms with Crippen LogP contribution >= 0.6 is 23.2 Å². The number of carbonyl (C=O) groups excluding carboxylic acids is 2. The number of furan rings is 1. The van der Waals surface area contributed by atoms with E-state index in [-0.39, 0.29) is 30.6 Å². The number of amides is 1. The van der Waals surface area contributed by atoms with Crippen molar-refractivity contribution in [3.8, 4) is 5.75 Å². The fourth-order valence-corrected chi connectivity index (χ4v) is 2.80. The van der Waals surface area contributed by atoms with Crippen LogP contribution in [0.15, 0.2) is 28.7 Å². The lowest BCUT2D eigenvalue weighted by molar-refractivity contribution is -0.111. The number of hydrogen-bond donors (Lipinski definition) is 1. The van der Waals surface area contributed by atoms with E-state index in [0.29, 0.717) is 23.7 Å². The molecule has 1 N–H and O–H groups in total. The van der Waals surface area contributed by atoms with Crippen LogP contribution in [0, 0.1) is 6.92 Å². The SMILES string of the molecule is Cc1cc(OCc2ccc(C(=O)NCCCC(=O)Cl)o2)c(C(C)C)cc1Cl. The molecular formula is C20H23Cl2NO4. The Morgan fingerprint density at radius 3 is 2.67 bits per heavy atom. The van der Waals surface area contributed by atoms with Crippen LogP contribution in [0.4, 0.5) is 0 Å². The van der Waals surface area contributed by atoms with Gasteiger partial charge in [0.25, 0.3) is 5.91 Å². The summed E-state index contributed by atoms with van der Waals surface area (Å²) >= 11 is 11.5. The van der Waals surface area contributed by atoms with Gasteiger partial charge in [-0.25, -0.2) is 0 Å². The fraction of sp³-hybridized carbons (Fsp3) is 0.400. The largest absolute Gasteiger partial charge is 0.485 e. The molecule has 0 atom stereocenters. The summed E-state index contributed by atoms with van der Waals surface area (Å²) in [7, 11) is 0. The zero-order valence-corrected chi connectivity index (χ0v) is 17.1. The van der Waals surface area contributed by atoms with E-state index in [2.05, 4.69) is 19.2 Å². The van der Waals surface area contributed by atoms with Crippen LogP contribution in [-0.4, -0.2) is 17.7 Å². The topological polar surface area (TPSA) is 68.5 Å². The van der Waals surface area contributed by atoms with Crippen molar-refractivity contribution in [3.63, 3.8) is 0 Å². The highest BCUT2D eigenvalue weighted by Gasteiger charge is 2.14. The summed E-state index contributed by atoms with van der Waals surface area (Å²) in [6.45, 7) is 6.62. The Morgan fingerprint density at radius 1 is 1.26 bits per heavy atom. The molecule has 0 aliphatic rings. The molecule has 146 valence electrons. The average molecular weight is 412 g/mol. The highest BCUT2D eigenvalue weighted by molar-refractivity contribution is 6.63. The van der Waals surface area contributed by atoms with Crippen molar-refractivity contribution in [2.45, 2.75) is 46.1 Å². The third-order valence-electron chi connectivity index (χ3n) is 4.00. The summed E-state index contributed by atoms with van der Waals surface area (Å²) in [5.41, 5.74) is 1.95. The van der Waals surface area contributed by atoms with Crippen molar-refractivity contribution < 1.29 is 18.7 Å². The van der Waals surface area contributed by atoms with Gasteiger partial charge in [-0.1, -0.05) is 25.4 Å². The second-order valence-corrected chi connectivity index (χ2v) is 7.39. The predicted molar refractivity (Wildman–Crippen MR) is 106 cm³/mol. The number of halogens is 2. The zero-order valence-electron chi connectivity index (χ0n) is 15.6. The van der Waals surface area contributed by atoms with Gasteiger partial charge in [-0.3, -0.25) is 9.59 Å². The van der Waals surface area contributed by atoms with Crippen molar-refractivity contribution in [2.24, 2.45) is 0 Å². The molecule has 0 aliphatic heterocycles. The lowest BCUT2D eigenvalue weighted by atomic mass is 10.0. The minimum Gasteiger partial charge on any atom is -0.485 e. The van der Waals surface area contributed by atoms with E-state index in [9.17, 15) is 9.59 Å². The zero-order chi connectivity index (χ0) is 20.0. The number of nitrogens with one attached hydrogen (secondary N) is 1. The normalized spacial score (nSPS) is 10.9. The van der Waals surface area contributed by atoms with Gasteiger partial charge in [-0.15, -0.1) is 0 Å². The molecule has 1 aromatic carbocycles. The summed E-state index contributed by atoms with van der Waals surface area (Å²) in [6, 6.07) is 7.13. The summed E-state index contributed by atoms with van der Waals surface area (Å²) < 4.78 is 11.4. The molecule has 0 aliphatic carbocycles. The van der Waals surface area contributed by atoms with Gasteiger partial charge in [0.2, 0.25) is 5.24 Å². The molecule has 1 amide bonds. The first kappa shape index (κ1) is 21.3. The Bertz CT molecular complexity index is 814. The third kappa shape index (κ3) is 6.29. The van der Waals surface area contributed by atoms with Gasteiger partial charge in [-0.05, 0) is 66.3 Å². The number of benzene rings is 1. The van der Waals surface area contributed by atoms with Crippen molar-refractivity contribution in [1.82, 2.24) is 5.32 Å². The Hall–Kier alpha value is -1.98. The number of ether oxygens (including phenoxy) is 1. The molecule has 7 heteroatoms. The lowest BCUT2D eigenvalue weighted by Gasteiger charge is -2.15. The highest BCUT2D eigenvalue weighted by Crippen LogP contribution is 2.32. The maximum Gasteiger partial charge on any atom is 0.286 e. The molecule has 2 aromatic rings. The molecule has 27 heavy (non-hydrogen) atoms. The van der Waals surface area contributed by atoms with Gasteiger partial charge in [0.05, 0.1) is 0 Å². The highest BCUT2D eigenvalue weighted by atomic mass is 35.5. The summed E-state index contributed by atoms with van der Waals surface area (Å²) in [6.07, 6.45) is 0.705. The number of rotatable bonds is 9. The van der Waals surface area contributed by atoms with E-state index in [1.807, 2.05) is 19.1 Å². The van der Waals surface area contributed by atoms with Crippen LogP contribution in [-0.2, 0) is 11.4 Å². The average Bonchev–Trinajstić information content (AvgIpc) is 3.08. The minimum atomic E-state index is -0.417. The van der Waals surface area contributed by atoms with Crippen LogP contribution in [0.5, 0.6) is 5.75 Å². The van der Waals surface area contributed by atoms with Crippen LogP contribution in [0.25, 0.3) is 0 Å². The Kier molecular flexibility index (Phi) is 7.75. The Balaban J connectivity index is 1.95. The van der Waals surface area contributed by atoms with Crippen molar-refractivity contribution in [1.29, 1.82) is 0 Å². The molecule has 0 unspecified atom stereocenters. The van der Waals surface area contributed by atoms with E-state index < -0.39 is 5.24 Å². The molecule has 5 nitrogen and oxygen atoms in total. The van der Waals surface area contributed by atoms with E-state index in [0.717, 1.165) is 16.9 Å². The van der Waals surface area contributed by atoms with E-state index >= 15 is 0 Å². The van der Waals surface area contributed by atoms with Gasteiger partial charge < -0.3 is 14.5 Å². The molecule has 0 spiro atoms. The third-order valence-corrected chi connectivity index (χ3v) is 4.60. The lowest BCUT2D eigenvalue weighted by Crippen LogP contribution is -2.24. The van der Waals surface area contributed by atoms with Gasteiger partial charge in [-0.2, -0.15) is 0 Å².